The number of benzene rings is 1. The monoisotopic (exact) mass is 522 g/mol. The third-order valence-corrected chi connectivity index (χ3v) is 5.82. The van der Waals surface area contributed by atoms with Crippen molar-refractivity contribution in [1.82, 2.24) is 0 Å². The van der Waals surface area contributed by atoms with Crippen molar-refractivity contribution in [2.45, 2.75) is 63.2 Å². The Morgan fingerprint density at radius 1 is 1.03 bits per heavy atom. The molecule has 37 heavy (non-hydrogen) atoms. The van der Waals surface area contributed by atoms with Gasteiger partial charge in [0.25, 0.3) is 0 Å². The summed E-state index contributed by atoms with van der Waals surface area (Å²) in [6.45, 7) is 0.855. The van der Waals surface area contributed by atoms with Gasteiger partial charge in [-0.3, -0.25) is 4.99 Å². The van der Waals surface area contributed by atoms with Crippen molar-refractivity contribution in [2.24, 2.45) is 10.7 Å². The van der Waals surface area contributed by atoms with Gasteiger partial charge in [0.2, 0.25) is 6.29 Å². The van der Waals surface area contributed by atoms with Gasteiger partial charge in [-0.2, -0.15) is 13.2 Å². The first kappa shape index (κ1) is 28.4. The minimum Gasteiger partial charge on any atom is -0.447 e. The summed E-state index contributed by atoms with van der Waals surface area (Å²) in [7, 11) is 0. The van der Waals surface area contributed by atoms with Gasteiger partial charge in [0.1, 0.15) is 30.1 Å². The van der Waals surface area contributed by atoms with Crippen molar-refractivity contribution < 1.29 is 43.1 Å². The topological polar surface area (TPSA) is 138 Å². The Morgan fingerprint density at radius 2 is 1.68 bits per heavy atom. The van der Waals surface area contributed by atoms with Gasteiger partial charge in [-0.1, -0.05) is 49.4 Å². The molecule has 0 radical (unpaired) electrons. The molecule has 0 bridgehead atoms. The average Bonchev–Trinajstić information content (AvgIpc) is 2.88. The maximum absolute atomic E-state index is 14.3. The Labute approximate surface area is 212 Å². The highest BCUT2D eigenvalue weighted by molar-refractivity contribution is 6.04. The summed E-state index contributed by atoms with van der Waals surface area (Å²) in [5.41, 5.74) is 5.83. The number of nitrogens with zero attached hydrogens (tertiary/aromatic N) is 1. The summed E-state index contributed by atoms with van der Waals surface area (Å²) in [5.74, 6) is -0.763. The molecule has 8 nitrogen and oxygen atoms in total. The SMILES string of the molecule is CCc1c#cc(CC(C(=NCc2ccccc2)C(F)(F)F)=C(N)O[C@@H]2O[C@H](CO)[C@@H](O)C(O)C2O)cc1. The molecule has 1 aliphatic heterocycles. The normalized spacial score (nSPS) is 25.3. The molecule has 0 aromatic heterocycles. The van der Waals surface area contributed by atoms with Crippen LogP contribution in [0.15, 0.2) is 58.9 Å². The first-order valence-electron chi connectivity index (χ1n) is 11.6. The molecule has 2 aromatic carbocycles. The highest BCUT2D eigenvalue weighted by Gasteiger charge is 2.46. The van der Waals surface area contributed by atoms with E-state index >= 15 is 0 Å². The van der Waals surface area contributed by atoms with Crippen LogP contribution in [0.4, 0.5) is 13.2 Å². The smallest absolute Gasteiger partial charge is 0.433 e. The van der Waals surface area contributed by atoms with Crippen molar-refractivity contribution in [2.75, 3.05) is 6.61 Å². The maximum atomic E-state index is 14.3. The number of allylic oxidation sites excluding steroid dienone is 1. The average molecular weight is 523 g/mol. The Balaban J connectivity index is 2.02. The highest BCUT2D eigenvalue weighted by Crippen LogP contribution is 2.29. The summed E-state index contributed by atoms with van der Waals surface area (Å²) in [4.78, 5) is 3.80. The van der Waals surface area contributed by atoms with E-state index in [-0.39, 0.29) is 6.54 Å². The second kappa shape index (κ2) is 12.4. The van der Waals surface area contributed by atoms with Crippen molar-refractivity contribution in [3.63, 3.8) is 0 Å². The van der Waals surface area contributed by atoms with Gasteiger partial charge < -0.3 is 35.6 Å². The molecule has 1 fully saturated rings. The van der Waals surface area contributed by atoms with E-state index in [1.54, 1.807) is 42.5 Å². The Morgan fingerprint density at radius 3 is 2.24 bits per heavy atom. The molecule has 6 N–H and O–H groups in total. The lowest BCUT2D eigenvalue weighted by molar-refractivity contribution is -0.291. The zero-order valence-electron chi connectivity index (χ0n) is 20.0. The van der Waals surface area contributed by atoms with Crippen molar-refractivity contribution in [1.29, 1.82) is 0 Å². The molecule has 11 heteroatoms. The van der Waals surface area contributed by atoms with E-state index in [1.165, 1.54) is 0 Å². The van der Waals surface area contributed by atoms with E-state index in [4.69, 9.17) is 15.2 Å². The van der Waals surface area contributed by atoms with Crippen LogP contribution in [0, 0.1) is 12.1 Å². The number of hydrogen-bond donors (Lipinski definition) is 5. The second-order valence-electron chi connectivity index (χ2n) is 8.47. The summed E-state index contributed by atoms with van der Waals surface area (Å²) in [5, 5.41) is 39.6. The van der Waals surface area contributed by atoms with E-state index in [0.29, 0.717) is 17.5 Å². The lowest BCUT2D eigenvalue weighted by Gasteiger charge is -2.39. The van der Waals surface area contributed by atoms with Gasteiger partial charge in [-0.05, 0) is 24.1 Å². The molecule has 2 aromatic rings. The van der Waals surface area contributed by atoms with Crippen molar-refractivity contribution in [3.05, 3.63) is 82.7 Å². The van der Waals surface area contributed by atoms with Crippen LogP contribution in [-0.4, -0.2) is 69.6 Å². The Bertz CT molecular complexity index is 1070. The number of hydrogen-bond acceptors (Lipinski definition) is 8. The van der Waals surface area contributed by atoms with Crippen LogP contribution in [0.1, 0.15) is 23.6 Å². The molecule has 0 spiro atoms. The molecule has 3 rings (SSSR count). The molecule has 1 heterocycles. The predicted molar refractivity (Wildman–Crippen MR) is 127 cm³/mol. The molecule has 0 amide bonds. The molecule has 1 saturated heterocycles. The Kier molecular flexibility index (Phi) is 9.53. The second-order valence-corrected chi connectivity index (χ2v) is 8.47. The molecule has 1 aliphatic rings. The fourth-order valence-corrected chi connectivity index (χ4v) is 3.70. The van der Waals surface area contributed by atoms with Crippen molar-refractivity contribution >= 4 is 5.71 Å². The summed E-state index contributed by atoms with van der Waals surface area (Å²) < 4.78 is 53.4. The number of aliphatic hydroxyl groups excluding tert-OH is 4. The highest BCUT2D eigenvalue weighted by atomic mass is 19.4. The van der Waals surface area contributed by atoms with Crippen LogP contribution in [0.2, 0.25) is 0 Å². The number of aliphatic hydroxyl groups is 4. The lowest BCUT2D eigenvalue weighted by atomic mass is 9.99. The van der Waals surface area contributed by atoms with Gasteiger partial charge in [0.05, 0.1) is 13.2 Å². The van der Waals surface area contributed by atoms with Gasteiger partial charge in [-0.15, -0.1) is 0 Å². The molecule has 2 unspecified atom stereocenters. The van der Waals surface area contributed by atoms with E-state index in [1.807, 2.05) is 6.92 Å². The number of alkyl halides is 3. The minimum absolute atomic E-state index is 0.295. The molecule has 0 saturated carbocycles. The number of ether oxygens (including phenoxy) is 2. The van der Waals surface area contributed by atoms with Gasteiger partial charge in [-0.25, -0.2) is 0 Å². The number of aliphatic imine (C=N–C) groups is 1. The van der Waals surface area contributed by atoms with Crippen LogP contribution >= 0.6 is 0 Å². The number of nitrogens with two attached hydrogens (primary N) is 1. The molecular formula is C26H29F3N2O6. The summed E-state index contributed by atoms with van der Waals surface area (Å²) in [6, 6.07) is 17.3. The predicted octanol–water partition coefficient (Wildman–Crippen LogP) is 1.58. The molecule has 200 valence electrons. The van der Waals surface area contributed by atoms with E-state index in [2.05, 4.69) is 17.1 Å². The fourth-order valence-electron chi connectivity index (χ4n) is 3.70. The van der Waals surface area contributed by atoms with Crippen molar-refractivity contribution in [3.8, 4) is 0 Å². The van der Waals surface area contributed by atoms with Gasteiger partial charge in [0, 0.05) is 23.1 Å². The first-order valence-corrected chi connectivity index (χ1v) is 11.6. The quantitative estimate of drug-likeness (QED) is 0.249. The third-order valence-electron chi connectivity index (χ3n) is 5.82. The first-order chi connectivity index (χ1) is 17.5. The molecule has 5 atom stereocenters. The standard InChI is InChI=1S/C26H29F3N2O6/c1-2-15-8-10-16(11-9-15)12-18(23(26(27,28)29)31-13-17-6-4-3-5-7-17)24(30)37-25-22(35)21(34)20(33)19(14-32)36-25/h3-8,10,19-22,25,32-35H,2,12-14,30H2,1H3/t19-,20-,21?,22?,25+/m1/s1. The molecule has 0 aliphatic carbocycles. The van der Waals surface area contributed by atoms with E-state index in [0.717, 1.165) is 5.56 Å². The van der Waals surface area contributed by atoms with Crippen LogP contribution in [0.5, 0.6) is 0 Å². The maximum Gasteiger partial charge on any atom is 0.433 e. The molecular weight excluding hydrogens is 493 g/mol. The summed E-state index contributed by atoms with van der Waals surface area (Å²) >= 11 is 0. The van der Waals surface area contributed by atoms with Gasteiger partial charge >= 0.3 is 6.18 Å². The Hall–Kier alpha value is -3.14. The van der Waals surface area contributed by atoms with Crippen LogP contribution in [0.3, 0.4) is 0 Å². The fraction of sp³-hybridized carbons (Fsp3) is 0.423. The third kappa shape index (κ3) is 7.21. The van der Waals surface area contributed by atoms with Crippen LogP contribution in [-0.2, 0) is 28.9 Å². The lowest BCUT2D eigenvalue weighted by Crippen LogP contribution is -2.59. The number of rotatable bonds is 9. The van der Waals surface area contributed by atoms with Crippen LogP contribution in [0.25, 0.3) is 0 Å². The minimum atomic E-state index is -4.93. The number of aryl methyl sites for hydroxylation is 1. The number of halogens is 3. The zero-order chi connectivity index (χ0) is 27.2. The van der Waals surface area contributed by atoms with E-state index in [9.17, 15) is 33.6 Å². The van der Waals surface area contributed by atoms with E-state index < -0.39 is 67.1 Å². The zero-order valence-corrected chi connectivity index (χ0v) is 20.0. The largest absolute Gasteiger partial charge is 0.447 e. The van der Waals surface area contributed by atoms with Crippen LogP contribution < -0.4 is 5.73 Å². The van der Waals surface area contributed by atoms with Gasteiger partial charge in [0.15, 0.2) is 5.88 Å². The summed E-state index contributed by atoms with van der Waals surface area (Å²) in [6.07, 6.45) is -13.1.